The molecular formula is C13H23N3O. The average Bonchev–Trinajstić information content (AvgIpc) is 2.27. The van der Waals surface area contributed by atoms with Gasteiger partial charge in [0.2, 0.25) is 0 Å². The zero-order chi connectivity index (χ0) is 12.9. The van der Waals surface area contributed by atoms with Gasteiger partial charge >= 0.3 is 0 Å². The van der Waals surface area contributed by atoms with Crippen molar-refractivity contribution in [1.82, 2.24) is 4.98 Å². The van der Waals surface area contributed by atoms with Crippen molar-refractivity contribution in [2.24, 2.45) is 11.1 Å². The van der Waals surface area contributed by atoms with Crippen LogP contribution in [0.3, 0.4) is 0 Å². The Hall–Kier alpha value is -1.29. The van der Waals surface area contributed by atoms with E-state index in [0.29, 0.717) is 6.54 Å². The Kier molecular flexibility index (Phi) is 4.75. The van der Waals surface area contributed by atoms with Gasteiger partial charge in [0.15, 0.2) is 11.6 Å². The Bertz CT molecular complexity index is 350. The van der Waals surface area contributed by atoms with Crippen molar-refractivity contribution in [1.29, 1.82) is 0 Å². The maximum atomic E-state index is 5.70. The molecule has 4 nitrogen and oxygen atoms in total. The van der Waals surface area contributed by atoms with Gasteiger partial charge in [0.25, 0.3) is 0 Å². The summed E-state index contributed by atoms with van der Waals surface area (Å²) in [5, 5.41) is 3.29. The van der Waals surface area contributed by atoms with Crippen LogP contribution < -0.4 is 15.8 Å². The minimum absolute atomic E-state index is 0.0482. The SMILES string of the molecule is CC(C)Oc1cccnc1NCC(C)(C)CN. The molecule has 0 aromatic carbocycles. The maximum Gasteiger partial charge on any atom is 0.168 e. The minimum Gasteiger partial charge on any atom is -0.487 e. The van der Waals surface area contributed by atoms with Crippen LogP contribution in [0, 0.1) is 5.41 Å². The second kappa shape index (κ2) is 5.87. The molecule has 0 radical (unpaired) electrons. The van der Waals surface area contributed by atoms with E-state index < -0.39 is 0 Å². The first-order chi connectivity index (χ1) is 7.94. The van der Waals surface area contributed by atoms with Gasteiger partial charge < -0.3 is 15.8 Å². The Labute approximate surface area is 104 Å². The molecule has 96 valence electrons. The largest absolute Gasteiger partial charge is 0.487 e. The summed E-state index contributed by atoms with van der Waals surface area (Å²) in [6.07, 6.45) is 1.90. The summed E-state index contributed by atoms with van der Waals surface area (Å²) in [5.41, 5.74) is 5.75. The van der Waals surface area contributed by atoms with E-state index >= 15 is 0 Å². The standard InChI is InChI=1S/C13H23N3O/c1-10(2)17-11-6-5-7-15-12(11)16-9-13(3,4)8-14/h5-7,10H,8-9,14H2,1-4H3,(H,15,16). The highest BCUT2D eigenvalue weighted by atomic mass is 16.5. The summed E-state index contributed by atoms with van der Waals surface area (Å²) in [6, 6.07) is 3.79. The van der Waals surface area contributed by atoms with Crippen molar-refractivity contribution in [3.8, 4) is 5.75 Å². The van der Waals surface area contributed by atoms with Crippen LogP contribution in [0.15, 0.2) is 18.3 Å². The molecule has 17 heavy (non-hydrogen) atoms. The van der Waals surface area contributed by atoms with Crippen molar-refractivity contribution < 1.29 is 4.74 Å². The van der Waals surface area contributed by atoms with Crippen molar-refractivity contribution in [3.05, 3.63) is 18.3 Å². The molecule has 0 atom stereocenters. The number of ether oxygens (including phenoxy) is 1. The van der Waals surface area contributed by atoms with E-state index in [1.807, 2.05) is 26.0 Å². The van der Waals surface area contributed by atoms with E-state index in [9.17, 15) is 0 Å². The van der Waals surface area contributed by atoms with E-state index in [1.165, 1.54) is 0 Å². The Balaban J connectivity index is 2.70. The summed E-state index contributed by atoms with van der Waals surface area (Å²) < 4.78 is 5.69. The number of hydrogen-bond acceptors (Lipinski definition) is 4. The fraction of sp³-hybridized carbons (Fsp3) is 0.615. The summed E-state index contributed by atoms with van der Waals surface area (Å²) in [5.74, 6) is 1.57. The van der Waals surface area contributed by atoms with Crippen molar-refractivity contribution in [2.45, 2.75) is 33.8 Å². The summed E-state index contributed by atoms with van der Waals surface area (Å²) in [7, 11) is 0. The van der Waals surface area contributed by atoms with Gasteiger partial charge in [-0.25, -0.2) is 4.98 Å². The third-order valence-corrected chi connectivity index (χ3v) is 2.42. The molecule has 1 rings (SSSR count). The Morgan fingerprint density at radius 2 is 2.18 bits per heavy atom. The lowest BCUT2D eigenvalue weighted by molar-refractivity contribution is 0.242. The fourth-order valence-corrected chi connectivity index (χ4v) is 1.27. The van der Waals surface area contributed by atoms with Crippen LogP contribution in [0.5, 0.6) is 5.75 Å². The van der Waals surface area contributed by atoms with Crippen LogP contribution in [0.4, 0.5) is 5.82 Å². The molecule has 0 aliphatic rings. The molecule has 0 saturated carbocycles. The van der Waals surface area contributed by atoms with Gasteiger partial charge in [-0.05, 0) is 37.9 Å². The van der Waals surface area contributed by atoms with Gasteiger partial charge in [-0.3, -0.25) is 0 Å². The number of aromatic nitrogens is 1. The average molecular weight is 237 g/mol. The van der Waals surface area contributed by atoms with Crippen molar-refractivity contribution >= 4 is 5.82 Å². The first-order valence-electron chi connectivity index (χ1n) is 6.00. The van der Waals surface area contributed by atoms with Crippen LogP contribution in [0.25, 0.3) is 0 Å². The number of anilines is 1. The lowest BCUT2D eigenvalue weighted by atomic mass is 9.94. The second-order valence-corrected chi connectivity index (χ2v) is 5.24. The predicted octanol–water partition coefficient (Wildman–Crippen LogP) is 2.27. The van der Waals surface area contributed by atoms with Crippen LogP contribution in [0.1, 0.15) is 27.7 Å². The molecule has 0 aliphatic carbocycles. The first-order valence-corrected chi connectivity index (χ1v) is 6.00. The van der Waals surface area contributed by atoms with Crippen LogP contribution in [-0.4, -0.2) is 24.2 Å². The fourth-order valence-electron chi connectivity index (χ4n) is 1.27. The van der Waals surface area contributed by atoms with E-state index in [0.717, 1.165) is 18.1 Å². The summed E-state index contributed by atoms with van der Waals surface area (Å²) >= 11 is 0. The normalized spacial score (nSPS) is 11.6. The molecule has 0 bridgehead atoms. The van der Waals surface area contributed by atoms with Gasteiger partial charge in [0.05, 0.1) is 6.10 Å². The molecule has 1 heterocycles. The Morgan fingerprint density at radius 1 is 1.47 bits per heavy atom. The van der Waals surface area contributed by atoms with Gasteiger partial charge in [-0.15, -0.1) is 0 Å². The molecule has 1 aromatic heterocycles. The molecule has 4 heteroatoms. The number of hydrogen-bond donors (Lipinski definition) is 2. The van der Waals surface area contributed by atoms with E-state index in [2.05, 4.69) is 24.1 Å². The zero-order valence-corrected chi connectivity index (χ0v) is 11.2. The second-order valence-electron chi connectivity index (χ2n) is 5.24. The van der Waals surface area contributed by atoms with Gasteiger partial charge in [-0.2, -0.15) is 0 Å². The van der Waals surface area contributed by atoms with E-state index in [-0.39, 0.29) is 11.5 Å². The third-order valence-electron chi connectivity index (χ3n) is 2.42. The third kappa shape index (κ3) is 4.61. The molecule has 0 spiro atoms. The smallest absolute Gasteiger partial charge is 0.168 e. The number of nitrogens with one attached hydrogen (secondary N) is 1. The quantitative estimate of drug-likeness (QED) is 0.796. The maximum absolute atomic E-state index is 5.70. The molecule has 0 unspecified atom stereocenters. The summed E-state index contributed by atoms with van der Waals surface area (Å²) in [4.78, 5) is 4.29. The highest BCUT2D eigenvalue weighted by molar-refractivity contribution is 5.49. The van der Waals surface area contributed by atoms with Crippen LogP contribution >= 0.6 is 0 Å². The van der Waals surface area contributed by atoms with Crippen LogP contribution in [-0.2, 0) is 0 Å². The highest BCUT2D eigenvalue weighted by Gasteiger charge is 2.16. The highest BCUT2D eigenvalue weighted by Crippen LogP contribution is 2.23. The minimum atomic E-state index is 0.0482. The molecule has 0 aliphatic heterocycles. The number of pyridine rings is 1. The number of nitrogens with two attached hydrogens (primary N) is 1. The van der Waals surface area contributed by atoms with Crippen molar-refractivity contribution in [3.63, 3.8) is 0 Å². The lowest BCUT2D eigenvalue weighted by Gasteiger charge is -2.24. The molecule has 3 N–H and O–H groups in total. The molecule has 0 fully saturated rings. The topological polar surface area (TPSA) is 60.2 Å². The van der Waals surface area contributed by atoms with Gasteiger partial charge in [-0.1, -0.05) is 13.8 Å². The Morgan fingerprint density at radius 3 is 2.76 bits per heavy atom. The van der Waals surface area contributed by atoms with Gasteiger partial charge in [0, 0.05) is 12.7 Å². The monoisotopic (exact) mass is 237 g/mol. The number of nitrogens with zero attached hydrogens (tertiary/aromatic N) is 1. The molecule has 0 amide bonds. The van der Waals surface area contributed by atoms with Gasteiger partial charge in [0.1, 0.15) is 0 Å². The zero-order valence-electron chi connectivity index (χ0n) is 11.2. The summed E-state index contributed by atoms with van der Waals surface area (Å²) in [6.45, 7) is 9.64. The molecule has 1 aromatic rings. The van der Waals surface area contributed by atoms with E-state index in [4.69, 9.17) is 10.5 Å². The van der Waals surface area contributed by atoms with E-state index in [1.54, 1.807) is 6.20 Å². The lowest BCUT2D eigenvalue weighted by Crippen LogP contribution is -2.31. The first kappa shape index (κ1) is 13.8. The molecular weight excluding hydrogens is 214 g/mol. The molecule has 0 saturated heterocycles. The number of rotatable bonds is 6. The van der Waals surface area contributed by atoms with Crippen LogP contribution in [0.2, 0.25) is 0 Å². The van der Waals surface area contributed by atoms with Crippen molar-refractivity contribution in [2.75, 3.05) is 18.4 Å². The predicted molar refractivity (Wildman–Crippen MR) is 71.3 cm³/mol.